The third kappa shape index (κ3) is 2.63. The minimum Gasteiger partial charge on any atom is -0.508 e. The Morgan fingerprint density at radius 1 is 1.00 bits per heavy atom. The number of phenolic OH excluding ortho intramolecular Hbond substituents is 1. The van der Waals surface area contributed by atoms with Crippen LogP contribution in [0.5, 0.6) is 5.75 Å². The van der Waals surface area contributed by atoms with E-state index in [4.69, 9.17) is 12.2 Å². The Kier molecular flexibility index (Phi) is 4.15. The molecule has 5 rings (SSSR count). The molecule has 2 N–H and O–H groups in total. The second-order valence-corrected chi connectivity index (χ2v) is 9.56. The Balaban J connectivity index is 1.66. The van der Waals surface area contributed by atoms with Gasteiger partial charge in [-0.25, -0.2) is 4.90 Å². The van der Waals surface area contributed by atoms with E-state index in [9.17, 15) is 14.7 Å². The van der Waals surface area contributed by atoms with Crippen molar-refractivity contribution in [3.05, 3.63) is 69.0 Å². The maximum Gasteiger partial charge on any atom is 0.248 e. The lowest BCUT2D eigenvalue weighted by Crippen LogP contribution is -2.32. The van der Waals surface area contributed by atoms with E-state index in [1.54, 1.807) is 24.3 Å². The zero-order valence-electron chi connectivity index (χ0n) is 14.4. The van der Waals surface area contributed by atoms with Crippen LogP contribution in [0.4, 0.5) is 5.69 Å². The van der Waals surface area contributed by atoms with E-state index in [-0.39, 0.29) is 23.5 Å². The summed E-state index contributed by atoms with van der Waals surface area (Å²) in [6.45, 7) is 0. The highest BCUT2D eigenvalue weighted by Crippen LogP contribution is 2.54. The Morgan fingerprint density at radius 2 is 1.71 bits per heavy atom. The van der Waals surface area contributed by atoms with Gasteiger partial charge in [0.15, 0.2) is 3.95 Å². The lowest BCUT2D eigenvalue weighted by Gasteiger charge is -2.29. The molecule has 1 aromatic heterocycles. The molecular formula is C20H14N2O3S3. The van der Waals surface area contributed by atoms with Gasteiger partial charge in [0, 0.05) is 10.8 Å². The van der Waals surface area contributed by atoms with Crippen LogP contribution in [-0.2, 0) is 9.59 Å². The molecule has 8 heteroatoms. The van der Waals surface area contributed by atoms with Crippen molar-refractivity contribution in [1.29, 1.82) is 0 Å². The summed E-state index contributed by atoms with van der Waals surface area (Å²) < 4.78 is 0.626. The molecule has 2 aliphatic heterocycles. The molecule has 3 unspecified atom stereocenters. The van der Waals surface area contributed by atoms with Crippen molar-refractivity contribution in [3.8, 4) is 5.75 Å². The third-order valence-electron chi connectivity index (χ3n) is 5.09. The van der Waals surface area contributed by atoms with E-state index in [1.165, 1.54) is 28.0 Å². The second-order valence-electron chi connectivity index (χ2n) is 6.69. The fourth-order valence-corrected chi connectivity index (χ4v) is 6.85. The molecule has 1 saturated heterocycles. The van der Waals surface area contributed by atoms with Crippen LogP contribution in [-0.4, -0.2) is 27.2 Å². The Labute approximate surface area is 174 Å². The number of aromatic amines is 1. The van der Waals surface area contributed by atoms with Crippen LogP contribution < -0.4 is 4.90 Å². The van der Waals surface area contributed by atoms with Crippen molar-refractivity contribution >= 4 is 52.8 Å². The summed E-state index contributed by atoms with van der Waals surface area (Å²) in [6.07, 6.45) is 0. The first-order chi connectivity index (χ1) is 13.5. The monoisotopic (exact) mass is 426 g/mol. The standard InChI is InChI=1S/C20H14N2O3S3/c23-12-8-6-10(7-9-12)13-14-16(27-17-15(13)28-20(26)21-17)19(25)22(18(14)24)11-4-2-1-3-5-11/h1-9,13-14,16,23H,(H,21,26). The number of nitrogens with one attached hydrogen (secondary N) is 1. The number of rotatable bonds is 2. The molecule has 28 heavy (non-hydrogen) atoms. The highest BCUT2D eigenvalue weighted by molar-refractivity contribution is 8.01. The zero-order valence-corrected chi connectivity index (χ0v) is 16.8. The van der Waals surface area contributed by atoms with Gasteiger partial charge in [0.05, 0.1) is 16.6 Å². The number of nitrogens with zero attached hydrogens (tertiary/aromatic N) is 1. The predicted molar refractivity (Wildman–Crippen MR) is 112 cm³/mol. The van der Waals surface area contributed by atoms with Gasteiger partial charge in [-0.1, -0.05) is 42.1 Å². The number of hydrogen-bond donors (Lipinski definition) is 2. The number of aromatic nitrogens is 1. The number of anilines is 1. The first-order valence-corrected chi connectivity index (χ1v) is 10.8. The lowest BCUT2D eigenvalue weighted by atomic mass is 9.83. The topological polar surface area (TPSA) is 73.4 Å². The molecular weight excluding hydrogens is 412 g/mol. The van der Waals surface area contributed by atoms with E-state index in [0.29, 0.717) is 9.64 Å². The van der Waals surface area contributed by atoms with E-state index in [2.05, 4.69) is 4.98 Å². The number of carbonyl (C=O) groups is 2. The van der Waals surface area contributed by atoms with Crippen LogP contribution in [0.25, 0.3) is 0 Å². The summed E-state index contributed by atoms with van der Waals surface area (Å²) >= 11 is 8.15. The summed E-state index contributed by atoms with van der Waals surface area (Å²) in [4.78, 5) is 32.1. The maximum absolute atomic E-state index is 13.4. The van der Waals surface area contributed by atoms with E-state index in [1.807, 2.05) is 30.3 Å². The van der Waals surface area contributed by atoms with E-state index in [0.717, 1.165) is 15.5 Å². The first-order valence-electron chi connectivity index (χ1n) is 8.66. The average Bonchev–Trinajstić information content (AvgIpc) is 3.18. The molecule has 3 heterocycles. The Morgan fingerprint density at radius 3 is 2.43 bits per heavy atom. The third-order valence-corrected chi connectivity index (χ3v) is 7.84. The van der Waals surface area contributed by atoms with Crippen molar-refractivity contribution < 1.29 is 14.7 Å². The van der Waals surface area contributed by atoms with Crippen molar-refractivity contribution in [2.24, 2.45) is 5.92 Å². The van der Waals surface area contributed by atoms with Crippen molar-refractivity contribution in [2.75, 3.05) is 4.90 Å². The molecule has 0 aliphatic carbocycles. The summed E-state index contributed by atoms with van der Waals surface area (Å²) in [7, 11) is 0. The fraction of sp³-hybridized carbons (Fsp3) is 0.150. The number of carbonyl (C=O) groups excluding carboxylic acids is 2. The molecule has 3 atom stereocenters. The number of phenols is 1. The van der Waals surface area contributed by atoms with E-state index >= 15 is 0 Å². The number of benzene rings is 2. The van der Waals surface area contributed by atoms with Crippen LogP contribution in [0.1, 0.15) is 16.4 Å². The number of fused-ring (bicyclic) bond motifs is 2. The normalized spacial score (nSPS) is 23.6. The van der Waals surface area contributed by atoms with Gasteiger partial charge in [-0.3, -0.25) is 9.59 Å². The average molecular weight is 427 g/mol. The van der Waals surface area contributed by atoms with Crippen LogP contribution in [0, 0.1) is 9.87 Å². The number of hydrogen-bond acceptors (Lipinski definition) is 6. The summed E-state index contributed by atoms with van der Waals surface area (Å²) in [6, 6.07) is 15.9. The SMILES string of the molecule is O=C1C2Sc3[nH]c(=S)sc3C(c3ccc(O)cc3)C2C(=O)N1c1ccccc1. The molecule has 2 amide bonds. The Bertz CT molecular complexity index is 1140. The lowest BCUT2D eigenvalue weighted by molar-refractivity contribution is -0.122. The van der Waals surface area contributed by atoms with Crippen LogP contribution in [0.2, 0.25) is 0 Å². The van der Waals surface area contributed by atoms with Gasteiger partial charge in [0.1, 0.15) is 11.0 Å². The number of thioether (sulfide) groups is 1. The van der Waals surface area contributed by atoms with Crippen molar-refractivity contribution in [3.63, 3.8) is 0 Å². The number of H-pyrrole nitrogens is 1. The highest BCUT2D eigenvalue weighted by atomic mass is 32.2. The minimum atomic E-state index is -0.517. The molecule has 0 radical (unpaired) electrons. The Hall–Kier alpha value is -2.42. The number of para-hydroxylation sites is 1. The molecule has 0 spiro atoms. The number of aromatic hydroxyl groups is 1. The number of imide groups is 1. The van der Waals surface area contributed by atoms with Crippen LogP contribution in [0.15, 0.2) is 59.6 Å². The molecule has 2 aliphatic rings. The number of amides is 2. The largest absolute Gasteiger partial charge is 0.508 e. The molecule has 140 valence electrons. The van der Waals surface area contributed by atoms with Crippen LogP contribution >= 0.6 is 35.3 Å². The van der Waals surface area contributed by atoms with Gasteiger partial charge < -0.3 is 10.1 Å². The first kappa shape index (κ1) is 17.7. The predicted octanol–water partition coefficient (Wildman–Crippen LogP) is 4.31. The molecule has 3 aromatic rings. The van der Waals surface area contributed by atoms with Gasteiger partial charge in [0.25, 0.3) is 0 Å². The van der Waals surface area contributed by atoms with E-state index < -0.39 is 11.2 Å². The maximum atomic E-state index is 13.4. The van der Waals surface area contributed by atoms with Gasteiger partial charge >= 0.3 is 0 Å². The molecule has 0 bridgehead atoms. The second kappa shape index (κ2) is 6.58. The van der Waals surface area contributed by atoms with Gasteiger partial charge in [0.2, 0.25) is 11.8 Å². The van der Waals surface area contributed by atoms with Gasteiger partial charge in [-0.15, -0.1) is 11.3 Å². The van der Waals surface area contributed by atoms with Gasteiger partial charge in [-0.2, -0.15) is 0 Å². The molecule has 1 fully saturated rings. The number of thiazole rings is 1. The molecule has 2 aromatic carbocycles. The molecule has 5 nitrogen and oxygen atoms in total. The van der Waals surface area contributed by atoms with Crippen molar-refractivity contribution in [1.82, 2.24) is 4.98 Å². The summed E-state index contributed by atoms with van der Waals surface area (Å²) in [5, 5.41) is 10.0. The zero-order chi connectivity index (χ0) is 19.4. The minimum absolute atomic E-state index is 0.159. The van der Waals surface area contributed by atoms with Crippen LogP contribution in [0.3, 0.4) is 0 Å². The summed E-state index contributed by atoms with van der Waals surface area (Å²) in [5.74, 6) is -1.05. The summed E-state index contributed by atoms with van der Waals surface area (Å²) in [5.41, 5.74) is 1.48. The highest BCUT2D eigenvalue weighted by Gasteiger charge is 2.56. The smallest absolute Gasteiger partial charge is 0.248 e. The molecule has 0 saturated carbocycles. The quantitative estimate of drug-likeness (QED) is 0.472. The van der Waals surface area contributed by atoms with Gasteiger partial charge in [-0.05, 0) is 42.0 Å². The van der Waals surface area contributed by atoms with Crippen molar-refractivity contribution in [2.45, 2.75) is 16.2 Å². The fourth-order valence-electron chi connectivity index (χ4n) is 3.89.